The van der Waals surface area contributed by atoms with Gasteiger partial charge in [0.15, 0.2) is 9.84 Å². The Morgan fingerprint density at radius 3 is 2.17 bits per heavy atom. The van der Waals surface area contributed by atoms with E-state index in [1.807, 2.05) is 0 Å². The molecule has 2 unspecified atom stereocenters. The summed E-state index contributed by atoms with van der Waals surface area (Å²) in [7, 11) is -3.10. The molecule has 1 rings (SSSR count). The highest BCUT2D eigenvalue weighted by Gasteiger charge is 2.51. The van der Waals surface area contributed by atoms with Gasteiger partial charge in [-0.2, -0.15) is 0 Å². The molecule has 0 aromatic rings. The van der Waals surface area contributed by atoms with Gasteiger partial charge in [0, 0.05) is 0 Å². The van der Waals surface area contributed by atoms with E-state index in [9.17, 15) is 13.2 Å². The smallest absolute Gasteiger partial charge is 0.308 e. The van der Waals surface area contributed by atoms with E-state index in [-0.39, 0.29) is 11.7 Å². The third-order valence-corrected chi connectivity index (χ3v) is 4.72. The summed E-state index contributed by atoms with van der Waals surface area (Å²) in [6.45, 7) is 3.47. The summed E-state index contributed by atoms with van der Waals surface area (Å²) in [4.78, 5) is 10.5. The van der Waals surface area contributed by atoms with Crippen LogP contribution in [0.4, 0.5) is 0 Å². The van der Waals surface area contributed by atoms with Crippen LogP contribution in [0.1, 0.15) is 13.8 Å². The maximum atomic E-state index is 11.1. The van der Waals surface area contributed by atoms with Crippen LogP contribution in [0.25, 0.3) is 0 Å². The molecule has 0 amide bonds. The van der Waals surface area contributed by atoms with Gasteiger partial charge in [-0.3, -0.25) is 4.79 Å². The molecule has 0 spiro atoms. The fraction of sp³-hybridized carbons (Fsp3) is 0.857. The van der Waals surface area contributed by atoms with Crippen molar-refractivity contribution in [2.75, 3.05) is 5.75 Å². The number of aliphatic carboxylic acids is 1. The number of carboxylic acids is 1. The van der Waals surface area contributed by atoms with Crippen LogP contribution in [0.3, 0.4) is 0 Å². The van der Waals surface area contributed by atoms with E-state index in [0.29, 0.717) is 0 Å². The molecular weight excluding hydrogens is 180 g/mol. The number of carbonyl (C=O) groups is 1. The molecule has 0 bridgehead atoms. The van der Waals surface area contributed by atoms with E-state index in [4.69, 9.17) is 5.11 Å². The fourth-order valence-electron chi connectivity index (χ4n) is 1.68. The monoisotopic (exact) mass is 192 g/mol. The average molecular weight is 192 g/mol. The standard InChI is InChI=1S/C7H12O4S/c1-4(2)6-5(7(8)9)3-12(6,10)11/h4-6H,3H2,1-2H3,(H,8,9). The summed E-state index contributed by atoms with van der Waals surface area (Å²) in [6.07, 6.45) is 0. The van der Waals surface area contributed by atoms with Gasteiger partial charge < -0.3 is 5.11 Å². The summed E-state index contributed by atoms with van der Waals surface area (Å²) in [5.74, 6) is -1.98. The van der Waals surface area contributed by atoms with Crippen LogP contribution in [0.2, 0.25) is 0 Å². The van der Waals surface area contributed by atoms with Crippen molar-refractivity contribution in [3.63, 3.8) is 0 Å². The molecule has 1 saturated heterocycles. The van der Waals surface area contributed by atoms with Crippen LogP contribution in [0, 0.1) is 11.8 Å². The first-order valence-corrected chi connectivity index (χ1v) is 5.52. The Morgan fingerprint density at radius 2 is 2.00 bits per heavy atom. The minimum atomic E-state index is -3.10. The fourth-order valence-corrected chi connectivity index (χ4v) is 3.93. The molecule has 1 fully saturated rings. The minimum Gasteiger partial charge on any atom is -0.481 e. The first-order valence-electron chi connectivity index (χ1n) is 3.80. The molecule has 1 heterocycles. The highest BCUT2D eigenvalue weighted by atomic mass is 32.2. The van der Waals surface area contributed by atoms with E-state index >= 15 is 0 Å². The van der Waals surface area contributed by atoms with E-state index in [2.05, 4.69) is 0 Å². The lowest BCUT2D eigenvalue weighted by Gasteiger charge is -2.35. The van der Waals surface area contributed by atoms with Crippen molar-refractivity contribution >= 4 is 15.8 Å². The SMILES string of the molecule is CC(C)C1C(C(=O)O)CS1(=O)=O. The zero-order valence-corrected chi connectivity index (χ0v) is 7.84. The van der Waals surface area contributed by atoms with Gasteiger partial charge in [-0.05, 0) is 5.92 Å². The van der Waals surface area contributed by atoms with Crippen molar-refractivity contribution in [2.45, 2.75) is 19.1 Å². The largest absolute Gasteiger partial charge is 0.481 e. The molecule has 1 aliphatic rings. The van der Waals surface area contributed by atoms with Crippen molar-refractivity contribution in [3.8, 4) is 0 Å². The van der Waals surface area contributed by atoms with Crippen LogP contribution < -0.4 is 0 Å². The highest BCUT2D eigenvalue weighted by Crippen LogP contribution is 2.33. The third-order valence-electron chi connectivity index (χ3n) is 2.20. The van der Waals surface area contributed by atoms with Gasteiger partial charge in [-0.15, -0.1) is 0 Å². The first-order chi connectivity index (χ1) is 5.36. The van der Waals surface area contributed by atoms with Crippen molar-refractivity contribution < 1.29 is 18.3 Å². The summed E-state index contributed by atoms with van der Waals surface area (Å²) in [5, 5.41) is 7.95. The predicted octanol–water partition coefficient (Wildman–Crippen LogP) is 0.140. The number of hydrogen-bond acceptors (Lipinski definition) is 3. The van der Waals surface area contributed by atoms with Gasteiger partial charge in [0.2, 0.25) is 0 Å². The van der Waals surface area contributed by atoms with Gasteiger partial charge in [-0.25, -0.2) is 8.42 Å². The second kappa shape index (κ2) is 2.73. The zero-order valence-electron chi connectivity index (χ0n) is 7.02. The Bertz CT molecular complexity index is 291. The maximum Gasteiger partial charge on any atom is 0.308 e. The number of carboxylic acid groups (broad SMARTS) is 1. The van der Waals surface area contributed by atoms with Crippen molar-refractivity contribution in [1.82, 2.24) is 0 Å². The van der Waals surface area contributed by atoms with Crippen LogP contribution in [-0.4, -0.2) is 30.5 Å². The molecule has 4 nitrogen and oxygen atoms in total. The van der Waals surface area contributed by atoms with Crippen LogP contribution >= 0.6 is 0 Å². The Hall–Kier alpha value is -0.580. The minimum absolute atomic E-state index is 0.107. The quantitative estimate of drug-likeness (QED) is 0.675. The van der Waals surface area contributed by atoms with Crippen molar-refractivity contribution in [2.24, 2.45) is 11.8 Å². The van der Waals surface area contributed by atoms with Gasteiger partial charge >= 0.3 is 5.97 Å². The lowest BCUT2D eigenvalue weighted by molar-refractivity contribution is -0.141. The average Bonchev–Trinajstić information content (AvgIpc) is 1.81. The van der Waals surface area contributed by atoms with Crippen LogP contribution in [0.15, 0.2) is 0 Å². The van der Waals surface area contributed by atoms with Crippen LogP contribution in [0.5, 0.6) is 0 Å². The molecular formula is C7H12O4S. The second-order valence-electron chi connectivity index (χ2n) is 3.48. The Labute approximate surface area is 71.5 Å². The molecule has 1 N–H and O–H groups in total. The lowest BCUT2D eigenvalue weighted by atomic mass is 9.97. The Kier molecular flexibility index (Phi) is 2.16. The van der Waals surface area contributed by atoms with Gasteiger partial charge in [-0.1, -0.05) is 13.8 Å². The lowest BCUT2D eigenvalue weighted by Crippen LogP contribution is -2.53. The molecule has 0 aliphatic carbocycles. The molecule has 2 atom stereocenters. The molecule has 1 aliphatic heterocycles. The number of sulfone groups is 1. The van der Waals surface area contributed by atoms with Crippen molar-refractivity contribution in [1.29, 1.82) is 0 Å². The maximum absolute atomic E-state index is 11.1. The van der Waals surface area contributed by atoms with Gasteiger partial charge in [0.05, 0.1) is 16.9 Å². The summed E-state index contributed by atoms with van der Waals surface area (Å²) < 4.78 is 22.2. The number of hydrogen-bond donors (Lipinski definition) is 1. The normalized spacial score (nSPS) is 32.9. The second-order valence-corrected chi connectivity index (χ2v) is 5.69. The van der Waals surface area contributed by atoms with E-state index in [1.165, 1.54) is 0 Å². The van der Waals surface area contributed by atoms with E-state index < -0.39 is 27.0 Å². The number of rotatable bonds is 2. The topological polar surface area (TPSA) is 71.4 Å². The molecule has 70 valence electrons. The van der Waals surface area contributed by atoms with Gasteiger partial charge in [0.25, 0.3) is 0 Å². The molecule has 0 aromatic carbocycles. The molecule has 5 heteroatoms. The molecule has 12 heavy (non-hydrogen) atoms. The summed E-state index contributed by atoms with van der Waals surface area (Å²) >= 11 is 0. The van der Waals surface area contributed by atoms with E-state index in [1.54, 1.807) is 13.8 Å². The molecule has 0 saturated carbocycles. The summed E-state index contributed by atoms with van der Waals surface area (Å²) in [6, 6.07) is 0. The summed E-state index contributed by atoms with van der Waals surface area (Å²) in [5.41, 5.74) is 0. The van der Waals surface area contributed by atoms with Crippen LogP contribution in [-0.2, 0) is 14.6 Å². The molecule has 0 aromatic heterocycles. The van der Waals surface area contributed by atoms with Gasteiger partial charge in [0.1, 0.15) is 0 Å². The Balaban J connectivity index is 2.84. The predicted molar refractivity (Wildman–Crippen MR) is 43.5 cm³/mol. The van der Waals surface area contributed by atoms with Crippen molar-refractivity contribution in [3.05, 3.63) is 0 Å². The Morgan fingerprint density at radius 1 is 1.50 bits per heavy atom. The zero-order chi connectivity index (χ0) is 9.52. The first kappa shape index (κ1) is 9.51. The van der Waals surface area contributed by atoms with E-state index in [0.717, 1.165) is 0 Å². The third kappa shape index (κ3) is 1.33. The molecule has 0 radical (unpaired) electrons. The highest BCUT2D eigenvalue weighted by molar-refractivity contribution is 7.93.